The Kier molecular flexibility index (Phi) is 3.33. The van der Waals surface area contributed by atoms with Gasteiger partial charge in [-0.2, -0.15) is 0 Å². The van der Waals surface area contributed by atoms with Crippen LogP contribution in [0.5, 0.6) is 0 Å². The molecule has 0 amide bonds. The minimum absolute atomic E-state index is 0.0308. The molecule has 2 rings (SSSR count). The summed E-state index contributed by atoms with van der Waals surface area (Å²) in [5, 5.41) is 1.29. The molecule has 0 saturated carbocycles. The van der Waals surface area contributed by atoms with Crippen molar-refractivity contribution in [1.82, 2.24) is 0 Å². The molecule has 17 heavy (non-hydrogen) atoms. The lowest BCUT2D eigenvalue weighted by atomic mass is 10.1. The van der Waals surface area contributed by atoms with Crippen LogP contribution in [0, 0.1) is 0 Å². The first kappa shape index (κ1) is 13.0. The maximum Gasteiger partial charge on any atom is 0.216 e. The molecule has 3 nitrogen and oxygen atoms in total. The van der Waals surface area contributed by atoms with Crippen LogP contribution in [0.15, 0.2) is 23.4 Å². The average molecular weight is 254 g/mol. The van der Waals surface area contributed by atoms with E-state index in [1.165, 1.54) is 5.20 Å². The topological polar surface area (TPSA) is 27.7 Å². The quantitative estimate of drug-likeness (QED) is 0.725. The number of allylic oxidation sites excluding steroid dienone is 2. The van der Waals surface area contributed by atoms with Crippen LogP contribution in [0.4, 0.5) is 0 Å². The lowest BCUT2D eigenvalue weighted by molar-refractivity contribution is -0.139. The van der Waals surface area contributed by atoms with Crippen molar-refractivity contribution in [2.45, 2.75) is 51.9 Å². The highest BCUT2D eigenvalue weighted by Gasteiger charge is 2.47. The molecule has 1 saturated heterocycles. The van der Waals surface area contributed by atoms with Crippen molar-refractivity contribution in [3.8, 4) is 0 Å². The summed E-state index contributed by atoms with van der Waals surface area (Å²) in [6.07, 6.45) is 6.35. The summed E-state index contributed by atoms with van der Waals surface area (Å²) in [6.45, 7) is 11.2. The first-order valence-electron chi connectivity index (χ1n) is 6.24. The standard InChI is InChI=1S/C13H22O3Si/c1-6-14-17(4,5)11-9-7-8-10-12(11)16-13(2,3)15-10/h7-10,12H,6H2,1-5H3/t10-,12-/m0/s1. The second-order valence-electron chi connectivity index (χ2n) is 5.47. The molecule has 1 aliphatic carbocycles. The van der Waals surface area contributed by atoms with Crippen molar-refractivity contribution < 1.29 is 13.9 Å². The Morgan fingerprint density at radius 2 is 2.06 bits per heavy atom. The fourth-order valence-electron chi connectivity index (χ4n) is 2.52. The molecular weight excluding hydrogens is 232 g/mol. The predicted molar refractivity (Wildman–Crippen MR) is 70.2 cm³/mol. The van der Waals surface area contributed by atoms with E-state index in [0.29, 0.717) is 0 Å². The fraction of sp³-hybridized carbons (Fsp3) is 0.692. The first-order valence-corrected chi connectivity index (χ1v) is 9.15. The van der Waals surface area contributed by atoms with Gasteiger partial charge in [-0.3, -0.25) is 0 Å². The van der Waals surface area contributed by atoms with Gasteiger partial charge in [0.1, 0.15) is 12.2 Å². The molecule has 96 valence electrons. The second kappa shape index (κ2) is 4.35. The van der Waals surface area contributed by atoms with E-state index in [1.807, 2.05) is 20.8 Å². The Labute approximate surface area is 105 Å². The summed E-state index contributed by atoms with van der Waals surface area (Å²) in [4.78, 5) is 0. The van der Waals surface area contributed by atoms with Gasteiger partial charge in [0.05, 0.1) is 0 Å². The molecule has 0 aromatic heterocycles. The molecule has 4 heteroatoms. The number of fused-ring (bicyclic) bond motifs is 1. The Morgan fingerprint density at radius 1 is 1.35 bits per heavy atom. The van der Waals surface area contributed by atoms with Crippen molar-refractivity contribution >= 4 is 8.32 Å². The molecule has 0 aromatic carbocycles. The number of hydrogen-bond acceptors (Lipinski definition) is 3. The van der Waals surface area contributed by atoms with Gasteiger partial charge in [0.15, 0.2) is 5.79 Å². The highest BCUT2D eigenvalue weighted by Crippen LogP contribution is 2.38. The van der Waals surface area contributed by atoms with Crippen LogP contribution in [0.3, 0.4) is 0 Å². The van der Waals surface area contributed by atoms with E-state index in [2.05, 4.69) is 31.3 Å². The van der Waals surface area contributed by atoms with Crippen molar-refractivity contribution in [3.63, 3.8) is 0 Å². The predicted octanol–water partition coefficient (Wildman–Crippen LogP) is 2.78. The average Bonchev–Trinajstić information content (AvgIpc) is 2.50. The van der Waals surface area contributed by atoms with Crippen molar-refractivity contribution in [1.29, 1.82) is 0 Å². The molecular formula is C13H22O3Si. The van der Waals surface area contributed by atoms with Crippen molar-refractivity contribution in [2.75, 3.05) is 6.61 Å². The molecule has 0 spiro atoms. The van der Waals surface area contributed by atoms with Gasteiger partial charge >= 0.3 is 0 Å². The molecule has 0 aromatic rings. The normalized spacial score (nSPS) is 31.2. The largest absolute Gasteiger partial charge is 0.413 e. The van der Waals surface area contributed by atoms with Crippen molar-refractivity contribution in [2.24, 2.45) is 0 Å². The Hall–Kier alpha value is -0.423. The zero-order chi connectivity index (χ0) is 12.7. The maximum atomic E-state index is 6.01. The van der Waals surface area contributed by atoms with Gasteiger partial charge in [-0.1, -0.05) is 18.2 Å². The van der Waals surface area contributed by atoms with Crippen LogP contribution < -0.4 is 0 Å². The third kappa shape index (κ3) is 2.55. The smallest absolute Gasteiger partial charge is 0.216 e. The van der Waals surface area contributed by atoms with Gasteiger partial charge < -0.3 is 13.9 Å². The van der Waals surface area contributed by atoms with E-state index in [-0.39, 0.29) is 12.2 Å². The van der Waals surface area contributed by atoms with Crippen molar-refractivity contribution in [3.05, 3.63) is 23.4 Å². The molecule has 0 radical (unpaired) electrons. The molecule has 0 unspecified atom stereocenters. The van der Waals surface area contributed by atoms with Gasteiger partial charge in [0, 0.05) is 6.61 Å². The molecule has 1 heterocycles. The highest BCUT2D eigenvalue weighted by molar-refractivity contribution is 6.78. The van der Waals surface area contributed by atoms with Gasteiger partial charge in [0.25, 0.3) is 0 Å². The molecule has 1 fully saturated rings. The summed E-state index contributed by atoms with van der Waals surface area (Å²) in [5.74, 6) is -0.500. The highest BCUT2D eigenvalue weighted by atomic mass is 28.4. The third-order valence-electron chi connectivity index (χ3n) is 3.21. The van der Waals surface area contributed by atoms with Crippen LogP contribution in [0.25, 0.3) is 0 Å². The van der Waals surface area contributed by atoms with E-state index < -0.39 is 14.1 Å². The lowest BCUT2D eigenvalue weighted by Crippen LogP contribution is -2.43. The molecule has 2 aliphatic rings. The van der Waals surface area contributed by atoms with Crippen LogP contribution in [0.1, 0.15) is 20.8 Å². The third-order valence-corrected chi connectivity index (χ3v) is 6.06. The molecule has 1 aliphatic heterocycles. The lowest BCUT2D eigenvalue weighted by Gasteiger charge is -2.31. The summed E-state index contributed by atoms with van der Waals surface area (Å²) in [7, 11) is -1.85. The van der Waals surface area contributed by atoms with Gasteiger partial charge in [-0.15, -0.1) is 0 Å². The minimum atomic E-state index is -1.85. The van der Waals surface area contributed by atoms with Crippen LogP contribution in [-0.2, 0) is 13.9 Å². The van der Waals surface area contributed by atoms with E-state index in [4.69, 9.17) is 13.9 Å². The van der Waals surface area contributed by atoms with E-state index >= 15 is 0 Å². The molecule has 0 bridgehead atoms. The maximum absolute atomic E-state index is 6.01. The Bertz CT molecular complexity index is 358. The van der Waals surface area contributed by atoms with Crippen LogP contribution in [-0.4, -0.2) is 32.9 Å². The Morgan fingerprint density at radius 3 is 2.71 bits per heavy atom. The summed E-state index contributed by atoms with van der Waals surface area (Å²) >= 11 is 0. The second-order valence-corrected chi connectivity index (χ2v) is 9.36. The first-order chi connectivity index (χ1) is 7.86. The van der Waals surface area contributed by atoms with Gasteiger partial charge in [0.2, 0.25) is 8.32 Å². The van der Waals surface area contributed by atoms with Gasteiger partial charge in [-0.25, -0.2) is 0 Å². The van der Waals surface area contributed by atoms with E-state index in [0.717, 1.165) is 6.61 Å². The molecule has 0 N–H and O–H groups in total. The number of hydrogen-bond donors (Lipinski definition) is 0. The SMILES string of the molecule is CCO[Si](C)(C)C1=CC=C[C@@H]2OC(C)(C)O[C@H]12. The van der Waals surface area contributed by atoms with E-state index in [9.17, 15) is 0 Å². The Balaban J connectivity index is 2.24. The van der Waals surface area contributed by atoms with E-state index in [1.54, 1.807) is 0 Å². The molecule has 2 atom stereocenters. The van der Waals surface area contributed by atoms with Crippen LogP contribution >= 0.6 is 0 Å². The zero-order valence-corrected chi connectivity index (χ0v) is 12.3. The fourth-order valence-corrected chi connectivity index (χ4v) is 4.82. The monoisotopic (exact) mass is 254 g/mol. The van der Waals surface area contributed by atoms with Crippen LogP contribution in [0.2, 0.25) is 13.1 Å². The number of rotatable bonds is 3. The summed E-state index contributed by atoms with van der Waals surface area (Å²) in [6, 6.07) is 0. The summed E-state index contributed by atoms with van der Waals surface area (Å²) < 4.78 is 17.8. The summed E-state index contributed by atoms with van der Waals surface area (Å²) in [5.41, 5.74) is 0. The zero-order valence-electron chi connectivity index (χ0n) is 11.3. The minimum Gasteiger partial charge on any atom is -0.413 e. The number of ether oxygens (including phenoxy) is 2. The van der Waals surface area contributed by atoms with Gasteiger partial charge in [-0.05, 0) is 39.1 Å².